The van der Waals surface area contributed by atoms with Crippen molar-refractivity contribution in [3.05, 3.63) is 23.8 Å². The van der Waals surface area contributed by atoms with Crippen LogP contribution in [0, 0.1) is 11.8 Å². The SMILES string of the molecule is CC(=O)SCC#Cc1ccc(N)c(N)c1. The number of benzene rings is 1. The van der Waals surface area contributed by atoms with E-state index < -0.39 is 0 Å². The molecule has 0 fully saturated rings. The highest BCUT2D eigenvalue weighted by atomic mass is 32.2. The number of carbonyl (C=O) groups is 1. The molecular weight excluding hydrogens is 208 g/mol. The maximum absolute atomic E-state index is 10.6. The Balaban J connectivity index is 2.64. The summed E-state index contributed by atoms with van der Waals surface area (Å²) in [7, 11) is 0. The van der Waals surface area contributed by atoms with Gasteiger partial charge in [-0.1, -0.05) is 23.6 Å². The first-order valence-electron chi connectivity index (χ1n) is 4.37. The molecule has 0 bridgehead atoms. The number of carbonyl (C=O) groups excluding carboxylic acids is 1. The van der Waals surface area contributed by atoms with E-state index in [-0.39, 0.29) is 5.12 Å². The average molecular weight is 220 g/mol. The molecule has 78 valence electrons. The molecule has 0 amide bonds. The molecule has 0 saturated carbocycles. The highest BCUT2D eigenvalue weighted by Crippen LogP contribution is 2.15. The summed E-state index contributed by atoms with van der Waals surface area (Å²) in [6.07, 6.45) is 0. The molecule has 0 saturated heterocycles. The van der Waals surface area contributed by atoms with Crippen LogP contribution < -0.4 is 11.5 Å². The van der Waals surface area contributed by atoms with E-state index in [4.69, 9.17) is 11.5 Å². The molecule has 0 aliphatic heterocycles. The van der Waals surface area contributed by atoms with E-state index in [1.54, 1.807) is 18.2 Å². The third-order valence-electron chi connectivity index (χ3n) is 1.67. The number of rotatable bonds is 1. The molecule has 1 aromatic carbocycles. The molecule has 15 heavy (non-hydrogen) atoms. The van der Waals surface area contributed by atoms with Crippen molar-refractivity contribution in [1.29, 1.82) is 0 Å². The van der Waals surface area contributed by atoms with E-state index in [1.165, 1.54) is 18.7 Å². The molecule has 1 rings (SSSR count). The Kier molecular flexibility index (Phi) is 4.07. The standard InChI is InChI=1S/C11H12N2OS/c1-8(14)15-6-2-3-9-4-5-10(12)11(13)7-9/h4-5,7H,6,12-13H2,1H3. The molecule has 0 spiro atoms. The minimum absolute atomic E-state index is 0.0705. The maximum atomic E-state index is 10.6. The fourth-order valence-electron chi connectivity index (χ4n) is 0.928. The molecule has 0 unspecified atom stereocenters. The monoisotopic (exact) mass is 220 g/mol. The minimum Gasteiger partial charge on any atom is -0.397 e. The molecule has 0 radical (unpaired) electrons. The van der Waals surface area contributed by atoms with Crippen LogP contribution in [0.1, 0.15) is 12.5 Å². The number of anilines is 2. The van der Waals surface area contributed by atoms with Crippen molar-refractivity contribution < 1.29 is 4.79 Å². The second-order valence-electron chi connectivity index (χ2n) is 2.93. The molecule has 3 nitrogen and oxygen atoms in total. The van der Waals surface area contributed by atoms with Crippen molar-refractivity contribution in [2.75, 3.05) is 17.2 Å². The Morgan fingerprint density at radius 1 is 1.40 bits per heavy atom. The van der Waals surface area contributed by atoms with Gasteiger partial charge in [0.05, 0.1) is 17.1 Å². The molecule has 0 heterocycles. The summed E-state index contributed by atoms with van der Waals surface area (Å²) in [4.78, 5) is 10.6. The van der Waals surface area contributed by atoms with Crippen LogP contribution in [0.2, 0.25) is 0 Å². The van der Waals surface area contributed by atoms with E-state index in [0.717, 1.165) is 5.56 Å². The van der Waals surface area contributed by atoms with Crippen LogP contribution in [0.5, 0.6) is 0 Å². The predicted octanol–water partition coefficient (Wildman–Crippen LogP) is 1.48. The molecule has 0 atom stereocenters. The van der Waals surface area contributed by atoms with E-state index >= 15 is 0 Å². The Morgan fingerprint density at radius 2 is 2.13 bits per heavy atom. The van der Waals surface area contributed by atoms with Crippen molar-refractivity contribution in [2.24, 2.45) is 0 Å². The van der Waals surface area contributed by atoms with Crippen LogP contribution in [0.4, 0.5) is 11.4 Å². The first kappa shape index (κ1) is 11.5. The summed E-state index contributed by atoms with van der Waals surface area (Å²) in [5.41, 5.74) is 13.1. The van der Waals surface area contributed by atoms with Gasteiger partial charge in [0.1, 0.15) is 0 Å². The summed E-state index contributed by atoms with van der Waals surface area (Å²) in [6.45, 7) is 1.52. The summed E-state index contributed by atoms with van der Waals surface area (Å²) >= 11 is 1.19. The number of hydrogen-bond donors (Lipinski definition) is 2. The van der Waals surface area contributed by atoms with Crippen molar-refractivity contribution in [2.45, 2.75) is 6.92 Å². The van der Waals surface area contributed by atoms with Crippen molar-refractivity contribution in [3.63, 3.8) is 0 Å². The van der Waals surface area contributed by atoms with E-state index in [2.05, 4.69) is 11.8 Å². The first-order chi connectivity index (χ1) is 7.09. The molecular formula is C11H12N2OS. The zero-order valence-corrected chi connectivity index (χ0v) is 9.23. The zero-order valence-electron chi connectivity index (χ0n) is 8.41. The Hall–Kier alpha value is -1.60. The Labute approximate surface area is 93.2 Å². The lowest BCUT2D eigenvalue weighted by atomic mass is 10.2. The van der Waals surface area contributed by atoms with Crippen LogP contribution >= 0.6 is 11.8 Å². The van der Waals surface area contributed by atoms with Crippen LogP contribution in [0.3, 0.4) is 0 Å². The summed E-state index contributed by atoms with van der Waals surface area (Å²) < 4.78 is 0. The molecule has 4 N–H and O–H groups in total. The highest BCUT2D eigenvalue weighted by molar-refractivity contribution is 8.13. The average Bonchev–Trinajstić information content (AvgIpc) is 2.18. The lowest BCUT2D eigenvalue weighted by Gasteiger charge is -1.98. The first-order valence-corrected chi connectivity index (χ1v) is 5.35. The Morgan fingerprint density at radius 3 is 2.73 bits per heavy atom. The third-order valence-corrected chi connectivity index (χ3v) is 2.36. The fourth-order valence-corrected chi connectivity index (χ4v) is 1.28. The van der Waals surface area contributed by atoms with Gasteiger partial charge in [-0.3, -0.25) is 4.79 Å². The number of nitrogen functional groups attached to an aromatic ring is 2. The quantitative estimate of drug-likeness (QED) is 0.555. The third kappa shape index (κ3) is 3.96. The lowest BCUT2D eigenvalue weighted by molar-refractivity contribution is -0.109. The van der Waals surface area contributed by atoms with Gasteiger partial charge in [0.25, 0.3) is 0 Å². The maximum Gasteiger partial charge on any atom is 0.186 e. The van der Waals surface area contributed by atoms with Gasteiger partial charge >= 0.3 is 0 Å². The van der Waals surface area contributed by atoms with E-state index in [1.807, 2.05) is 0 Å². The zero-order chi connectivity index (χ0) is 11.3. The second-order valence-corrected chi connectivity index (χ2v) is 4.08. The normalized spacial score (nSPS) is 9.13. The molecule has 0 aliphatic rings. The highest BCUT2D eigenvalue weighted by Gasteiger charge is 1.94. The van der Waals surface area contributed by atoms with Gasteiger partial charge in [-0.25, -0.2) is 0 Å². The van der Waals surface area contributed by atoms with Crippen molar-refractivity contribution in [3.8, 4) is 11.8 Å². The molecule has 0 aliphatic carbocycles. The molecule has 0 aromatic heterocycles. The smallest absolute Gasteiger partial charge is 0.186 e. The van der Waals surface area contributed by atoms with Crippen molar-refractivity contribution >= 4 is 28.3 Å². The fraction of sp³-hybridized carbons (Fsp3) is 0.182. The Bertz CT molecular complexity index is 432. The van der Waals surface area contributed by atoms with Gasteiger partial charge in [-0.2, -0.15) is 0 Å². The van der Waals surface area contributed by atoms with Gasteiger partial charge in [-0.05, 0) is 18.2 Å². The predicted molar refractivity (Wildman–Crippen MR) is 65.3 cm³/mol. The molecule has 1 aromatic rings. The number of nitrogens with two attached hydrogens (primary N) is 2. The van der Waals surface area contributed by atoms with Crippen LogP contribution in [0.25, 0.3) is 0 Å². The van der Waals surface area contributed by atoms with E-state index in [0.29, 0.717) is 17.1 Å². The lowest BCUT2D eigenvalue weighted by Crippen LogP contribution is -1.94. The topological polar surface area (TPSA) is 69.1 Å². The van der Waals surface area contributed by atoms with Gasteiger partial charge < -0.3 is 11.5 Å². The van der Waals surface area contributed by atoms with E-state index in [9.17, 15) is 4.79 Å². The summed E-state index contributed by atoms with van der Waals surface area (Å²) in [5.74, 6) is 6.28. The van der Waals surface area contributed by atoms with Gasteiger partial charge in [0, 0.05) is 12.5 Å². The van der Waals surface area contributed by atoms with Crippen LogP contribution in [-0.4, -0.2) is 10.9 Å². The largest absolute Gasteiger partial charge is 0.397 e. The van der Waals surface area contributed by atoms with Crippen LogP contribution in [0.15, 0.2) is 18.2 Å². The minimum atomic E-state index is 0.0705. The number of hydrogen-bond acceptors (Lipinski definition) is 4. The van der Waals surface area contributed by atoms with Gasteiger partial charge in [0.15, 0.2) is 5.12 Å². The molecule has 4 heteroatoms. The van der Waals surface area contributed by atoms with Gasteiger partial charge in [0.2, 0.25) is 0 Å². The van der Waals surface area contributed by atoms with Gasteiger partial charge in [-0.15, -0.1) is 0 Å². The van der Waals surface area contributed by atoms with Crippen LogP contribution in [-0.2, 0) is 4.79 Å². The summed E-state index contributed by atoms with van der Waals surface area (Å²) in [5, 5.41) is 0.0705. The van der Waals surface area contributed by atoms with Crippen molar-refractivity contribution in [1.82, 2.24) is 0 Å². The summed E-state index contributed by atoms with van der Waals surface area (Å²) in [6, 6.07) is 5.25. The second kappa shape index (κ2) is 5.32. The number of thioether (sulfide) groups is 1.